The Balaban J connectivity index is 1.65. The number of imide groups is 1. The molecular weight excluding hydrogens is 488 g/mol. The fourth-order valence-electron chi connectivity index (χ4n) is 3.95. The Hall–Kier alpha value is -4.34. The number of carbonyl (C=O) groups is 2. The Morgan fingerprint density at radius 1 is 0.919 bits per heavy atom. The SMILES string of the molecule is CCOc1cc(/C=C2/C(=O)N(Cc3ccccc3)C(=O)C(C#N)=C2C)ccc1OCc1ccc(Cl)cc1. The first-order valence-electron chi connectivity index (χ1n) is 11.8. The summed E-state index contributed by atoms with van der Waals surface area (Å²) < 4.78 is 11.8. The molecule has 0 saturated heterocycles. The molecule has 3 aromatic rings. The normalized spacial score (nSPS) is 14.6. The van der Waals surface area contributed by atoms with E-state index in [0.29, 0.717) is 40.9 Å². The third kappa shape index (κ3) is 5.91. The molecule has 0 fully saturated rings. The maximum absolute atomic E-state index is 13.4. The topological polar surface area (TPSA) is 79.6 Å². The molecule has 0 bridgehead atoms. The van der Waals surface area contributed by atoms with Crippen molar-refractivity contribution >= 4 is 29.5 Å². The monoisotopic (exact) mass is 512 g/mol. The predicted octanol–water partition coefficient (Wildman–Crippen LogP) is 6.11. The van der Waals surface area contributed by atoms with Crippen molar-refractivity contribution in [3.8, 4) is 17.6 Å². The quantitative estimate of drug-likeness (QED) is 0.269. The van der Waals surface area contributed by atoms with Gasteiger partial charge in [-0.25, -0.2) is 0 Å². The van der Waals surface area contributed by atoms with E-state index in [9.17, 15) is 14.9 Å². The molecule has 6 nitrogen and oxygen atoms in total. The predicted molar refractivity (Wildman–Crippen MR) is 142 cm³/mol. The van der Waals surface area contributed by atoms with Crippen molar-refractivity contribution in [2.45, 2.75) is 27.0 Å². The van der Waals surface area contributed by atoms with Crippen LogP contribution in [0.15, 0.2) is 89.5 Å². The van der Waals surface area contributed by atoms with Crippen LogP contribution in [0.25, 0.3) is 6.08 Å². The van der Waals surface area contributed by atoms with Crippen LogP contribution in [0.4, 0.5) is 0 Å². The molecule has 0 atom stereocenters. The summed E-state index contributed by atoms with van der Waals surface area (Å²) in [5.41, 5.74) is 3.01. The number of amides is 2. The van der Waals surface area contributed by atoms with Gasteiger partial charge in [-0.3, -0.25) is 14.5 Å². The van der Waals surface area contributed by atoms with Gasteiger partial charge in [0, 0.05) is 10.6 Å². The largest absolute Gasteiger partial charge is 0.490 e. The molecule has 0 spiro atoms. The molecule has 0 aromatic heterocycles. The van der Waals surface area contributed by atoms with Crippen LogP contribution in [0.2, 0.25) is 5.02 Å². The smallest absolute Gasteiger partial charge is 0.271 e. The molecule has 0 saturated carbocycles. The van der Waals surface area contributed by atoms with Crippen LogP contribution < -0.4 is 9.47 Å². The molecule has 0 unspecified atom stereocenters. The molecule has 37 heavy (non-hydrogen) atoms. The lowest BCUT2D eigenvalue weighted by Crippen LogP contribution is -2.42. The summed E-state index contributed by atoms with van der Waals surface area (Å²) in [5, 5.41) is 10.3. The highest BCUT2D eigenvalue weighted by Crippen LogP contribution is 2.33. The second kappa shape index (κ2) is 11.6. The van der Waals surface area contributed by atoms with Crippen LogP contribution in [0, 0.1) is 11.3 Å². The van der Waals surface area contributed by atoms with E-state index in [4.69, 9.17) is 21.1 Å². The number of carbonyl (C=O) groups excluding carboxylic acids is 2. The summed E-state index contributed by atoms with van der Waals surface area (Å²) in [6.07, 6.45) is 1.67. The van der Waals surface area contributed by atoms with Gasteiger partial charge >= 0.3 is 0 Å². The van der Waals surface area contributed by atoms with Crippen molar-refractivity contribution in [3.05, 3.63) is 111 Å². The first-order chi connectivity index (χ1) is 17.9. The molecule has 1 heterocycles. The zero-order valence-corrected chi connectivity index (χ0v) is 21.3. The zero-order chi connectivity index (χ0) is 26.4. The van der Waals surface area contributed by atoms with Gasteiger partial charge in [-0.15, -0.1) is 0 Å². The number of halogens is 1. The van der Waals surface area contributed by atoms with Crippen molar-refractivity contribution < 1.29 is 19.1 Å². The maximum Gasteiger partial charge on any atom is 0.271 e. The van der Waals surface area contributed by atoms with Crippen LogP contribution in [0.1, 0.15) is 30.5 Å². The van der Waals surface area contributed by atoms with Gasteiger partial charge < -0.3 is 9.47 Å². The molecule has 0 radical (unpaired) electrons. The third-order valence-corrected chi connectivity index (χ3v) is 6.15. The number of benzene rings is 3. The fourth-order valence-corrected chi connectivity index (χ4v) is 4.08. The van der Waals surface area contributed by atoms with Gasteiger partial charge in [-0.1, -0.05) is 60.1 Å². The lowest BCUT2D eigenvalue weighted by atomic mass is 9.93. The van der Waals surface area contributed by atoms with Gasteiger partial charge in [0.1, 0.15) is 18.2 Å². The number of rotatable bonds is 8. The molecule has 1 aliphatic heterocycles. The lowest BCUT2D eigenvalue weighted by molar-refractivity contribution is -0.141. The third-order valence-electron chi connectivity index (χ3n) is 5.90. The first-order valence-corrected chi connectivity index (χ1v) is 12.2. The maximum atomic E-state index is 13.4. The van der Waals surface area contributed by atoms with Crippen molar-refractivity contribution in [2.24, 2.45) is 0 Å². The molecular formula is C30H25ClN2O4. The second-order valence-corrected chi connectivity index (χ2v) is 8.84. The summed E-state index contributed by atoms with van der Waals surface area (Å²) in [5.74, 6) is 0.0338. The highest BCUT2D eigenvalue weighted by atomic mass is 35.5. The average molecular weight is 513 g/mol. The van der Waals surface area contributed by atoms with Crippen LogP contribution in [-0.4, -0.2) is 23.3 Å². The molecule has 2 amide bonds. The number of hydrogen-bond acceptors (Lipinski definition) is 5. The number of nitriles is 1. The highest BCUT2D eigenvalue weighted by Gasteiger charge is 2.35. The molecule has 0 N–H and O–H groups in total. The van der Waals surface area contributed by atoms with E-state index in [1.807, 2.05) is 55.5 Å². The van der Waals surface area contributed by atoms with E-state index in [1.54, 1.807) is 43.3 Å². The number of nitrogens with zero attached hydrogens (tertiary/aromatic N) is 2. The van der Waals surface area contributed by atoms with Gasteiger partial charge in [-0.2, -0.15) is 5.26 Å². The van der Waals surface area contributed by atoms with Gasteiger partial charge in [0.05, 0.1) is 13.2 Å². The average Bonchev–Trinajstić information content (AvgIpc) is 2.90. The minimum Gasteiger partial charge on any atom is -0.490 e. The van der Waals surface area contributed by atoms with E-state index in [1.165, 1.54) is 0 Å². The summed E-state index contributed by atoms with van der Waals surface area (Å²) in [6, 6.07) is 23.9. The molecule has 4 rings (SSSR count). The van der Waals surface area contributed by atoms with Crippen LogP contribution in [0.5, 0.6) is 11.5 Å². The Morgan fingerprint density at radius 2 is 1.65 bits per heavy atom. The summed E-state index contributed by atoms with van der Waals surface area (Å²) in [6.45, 7) is 4.33. The van der Waals surface area contributed by atoms with Crippen molar-refractivity contribution in [1.82, 2.24) is 4.90 Å². The Bertz CT molecular complexity index is 1420. The van der Waals surface area contributed by atoms with Crippen LogP contribution in [-0.2, 0) is 22.7 Å². The van der Waals surface area contributed by atoms with Gasteiger partial charge in [0.15, 0.2) is 11.5 Å². The van der Waals surface area contributed by atoms with Gasteiger partial charge in [0.2, 0.25) is 0 Å². The van der Waals surface area contributed by atoms with E-state index in [-0.39, 0.29) is 17.7 Å². The molecule has 7 heteroatoms. The number of ether oxygens (including phenoxy) is 2. The van der Waals surface area contributed by atoms with E-state index in [2.05, 4.69) is 0 Å². The van der Waals surface area contributed by atoms with E-state index >= 15 is 0 Å². The summed E-state index contributed by atoms with van der Waals surface area (Å²) in [7, 11) is 0. The van der Waals surface area contributed by atoms with Crippen LogP contribution in [0.3, 0.4) is 0 Å². The molecule has 1 aliphatic rings. The molecule has 186 valence electrons. The van der Waals surface area contributed by atoms with Crippen LogP contribution >= 0.6 is 11.6 Å². The summed E-state index contributed by atoms with van der Waals surface area (Å²) >= 11 is 5.96. The molecule has 3 aromatic carbocycles. The molecule has 0 aliphatic carbocycles. The fraction of sp³-hybridized carbons (Fsp3) is 0.167. The standard InChI is InChI=1S/C30H25ClN2O4/c1-3-36-28-16-23(11-14-27(28)37-19-22-9-12-24(31)13-10-22)15-25-20(2)26(17-32)30(35)33(29(25)34)18-21-7-5-4-6-8-21/h4-16H,3,18-19H2,1-2H3/b25-15+. The van der Waals surface area contributed by atoms with Crippen molar-refractivity contribution in [2.75, 3.05) is 6.61 Å². The van der Waals surface area contributed by atoms with Gasteiger partial charge in [-0.05, 0) is 66.5 Å². The zero-order valence-electron chi connectivity index (χ0n) is 20.5. The Morgan fingerprint density at radius 3 is 2.32 bits per heavy atom. The van der Waals surface area contributed by atoms with Crippen molar-refractivity contribution in [3.63, 3.8) is 0 Å². The first kappa shape index (κ1) is 25.7. The van der Waals surface area contributed by atoms with E-state index in [0.717, 1.165) is 16.0 Å². The van der Waals surface area contributed by atoms with E-state index < -0.39 is 11.8 Å². The van der Waals surface area contributed by atoms with Crippen molar-refractivity contribution in [1.29, 1.82) is 5.26 Å². The van der Waals surface area contributed by atoms with Gasteiger partial charge in [0.25, 0.3) is 11.8 Å². The minimum atomic E-state index is -0.591. The Labute approximate surface area is 221 Å². The Kier molecular flexibility index (Phi) is 8.07. The highest BCUT2D eigenvalue weighted by molar-refractivity contribution is 6.30. The number of hydrogen-bond donors (Lipinski definition) is 0. The lowest BCUT2D eigenvalue weighted by Gasteiger charge is -2.27. The summed E-state index contributed by atoms with van der Waals surface area (Å²) in [4.78, 5) is 27.4. The second-order valence-electron chi connectivity index (χ2n) is 8.41. The minimum absolute atomic E-state index is 0.0465.